The fourth-order valence-corrected chi connectivity index (χ4v) is 4.47. The van der Waals surface area contributed by atoms with Gasteiger partial charge in [-0.3, -0.25) is 4.90 Å². The monoisotopic (exact) mass is 265 g/mol. The molecule has 1 aliphatic heterocycles. The standard InChI is InChI=1S/C18H35N/c1-16(2,3)13-15-7-8-18(14-15)9-11-19(12-10-18)17(4,5)6/h15H,7-14H2,1-6H3. The van der Waals surface area contributed by atoms with Crippen LogP contribution in [0.1, 0.15) is 80.1 Å². The van der Waals surface area contributed by atoms with Gasteiger partial charge in [-0.1, -0.05) is 20.8 Å². The number of likely N-dealkylation sites (tertiary alicyclic amines) is 1. The van der Waals surface area contributed by atoms with Gasteiger partial charge in [-0.15, -0.1) is 0 Å². The first-order valence-corrected chi connectivity index (χ1v) is 8.35. The van der Waals surface area contributed by atoms with Gasteiger partial charge in [0.15, 0.2) is 0 Å². The molecule has 2 aliphatic rings. The van der Waals surface area contributed by atoms with Crippen LogP contribution in [0.4, 0.5) is 0 Å². The van der Waals surface area contributed by atoms with Crippen LogP contribution in [-0.2, 0) is 0 Å². The zero-order chi connectivity index (χ0) is 14.3. The molecule has 2 rings (SSSR count). The van der Waals surface area contributed by atoms with Crippen molar-refractivity contribution in [2.75, 3.05) is 13.1 Å². The van der Waals surface area contributed by atoms with E-state index in [0.29, 0.717) is 11.0 Å². The van der Waals surface area contributed by atoms with Gasteiger partial charge in [-0.25, -0.2) is 0 Å². The Labute approximate surface area is 121 Å². The van der Waals surface area contributed by atoms with E-state index in [1.165, 1.54) is 51.6 Å². The lowest BCUT2D eigenvalue weighted by Crippen LogP contribution is -2.48. The first kappa shape index (κ1) is 15.4. The molecule has 0 aromatic rings. The minimum atomic E-state index is 0.366. The summed E-state index contributed by atoms with van der Waals surface area (Å²) in [6.07, 6.45) is 8.84. The quantitative estimate of drug-likeness (QED) is 0.637. The van der Waals surface area contributed by atoms with Gasteiger partial charge in [0, 0.05) is 5.54 Å². The van der Waals surface area contributed by atoms with Crippen LogP contribution in [0.5, 0.6) is 0 Å². The van der Waals surface area contributed by atoms with Crippen molar-refractivity contribution in [1.82, 2.24) is 4.90 Å². The highest BCUT2D eigenvalue weighted by molar-refractivity contribution is 4.95. The van der Waals surface area contributed by atoms with Gasteiger partial charge >= 0.3 is 0 Å². The third-order valence-electron chi connectivity index (χ3n) is 5.48. The summed E-state index contributed by atoms with van der Waals surface area (Å²) in [5.41, 5.74) is 1.60. The highest BCUT2D eigenvalue weighted by Crippen LogP contribution is 2.51. The highest BCUT2D eigenvalue weighted by atomic mass is 15.2. The first-order chi connectivity index (χ1) is 8.60. The molecule has 1 saturated heterocycles. The van der Waals surface area contributed by atoms with Crippen molar-refractivity contribution >= 4 is 0 Å². The SMILES string of the molecule is CC(C)(C)CC1CCC2(CCN(C(C)(C)C)CC2)C1. The maximum absolute atomic E-state index is 2.69. The van der Waals surface area contributed by atoms with Crippen LogP contribution in [0.25, 0.3) is 0 Å². The van der Waals surface area contributed by atoms with Gasteiger partial charge in [0.1, 0.15) is 0 Å². The van der Waals surface area contributed by atoms with Crippen LogP contribution >= 0.6 is 0 Å². The molecule has 0 aromatic carbocycles. The Morgan fingerprint density at radius 1 is 0.947 bits per heavy atom. The molecule has 0 bridgehead atoms. The van der Waals surface area contributed by atoms with Crippen LogP contribution in [0.3, 0.4) is 0 Å². The number of hydrogen-bond donors (Lipinski definition) is 0. The summed E-state index contributed by atoms with van der Waals surface area (Å²) < 4.78 is 0. The Hall–Kier alpha value is -0.0400. The third-order valence-corrected chi connectivity index (χ3v) is 5.48. The van der Waals surface area contributed by atoms with E-state index in [2.05, 4.69) is 46.4 Å². The van der Waals surface area contributed by atoms with Crippen molar-refractivity contribution in [1.29, 1.82) is 0 Å². The molecule has 0 N–H and O–H groups in total. The minimum Gasteiger partial charge on any atom is -0.298 e. The molecule has 1 saturated carbocycles. The number of rotatable bonds is 1. The largest absolute Gasteiger partial charge is 0.298 e. The predicted molar refractivity (Wildman–Crippen MR) is 84.4 cm³/mol. The Kier molecular flexibility index (Phi) is 4.09. The summed E-state index contributed by atoms with van der Waals surface area (Å²) in [7, 11) is 0. The normalized spacial score (nSPS) is 29.1. The summed E-state index contributed by atoms with van der Waals surface area (Å²) in [4.78, 5) is 2.69. The molecule has 1 heterocycles. The maximum atomic E-state index is 2.69. The lowest BCUT2D eigenvalue weighted by molar-refractivity contribution is 0.0426. The van der Waals surface area contributed by atoms with Crippen LogP contribution < -0.4 is 0 Å². The summed E-state index contributed by atoms with van der Waals surface area (Å²) in [6, 6.07) is 0. The van der Waals surface area contributed by atoms with Gasteiger partial charge in [0.05, 0.1) is 0 Å². The van der Waals surface area contributed by atoms with Crippen molar-refractivity contribution < 1.29 is 0 Å². The van der Waals surface area contributed by atoms with Crippen LogP contribution in [0.2, 0.25) is 0 Å². The number of piperidine rings is 1. The van der Waals surface area contributed by atoms with E-state index < -0.39 is 0 Å². The molecule has 0 radical (unpaired) electrons. The highest BCUT2D eigenvalue weighted by Gasteiger charge is 2.43. The van der Waals surface area contributed by atoms with E-state index in [4.69, 9.17) is 0 Å². The van der Waals surface area contributed by atoms with E-state index in [1.54, 1.807) is 0 Å². The average molecular weight is 265 g/mol. The van der Waals surface area contributed by atoms with E-state index in [9.17, 15) is 0 Å². The van der Waals surface area contributed by atoms with Crippen molar-refractivity contribution in [3.63, 3.8) is 0 Å². The van der Waals surface area contributed by atoms with Crippen molar-refractivity contribution in [2.45, 2.75) is 85.6 Å². The molecule has 1 nitrogen and oxygen atoms in total. The fourth-order valence-electron chi connectivity index (χ4n) is 4.47. The molecule has 1 aliphatic carbocycles. The predicted octanol–water partition coefficient (Wildman–Crippen LogP) is 5.10. The Balaban J connectivity index is 1.88. The van der Waals surface area contributed by atoms with Crippen LogP contribution in [0, 0.1) is 16.7 Å². The topological polar surface area (TPSA) is 3.24 Å². The molecular weight excluding hydrogens is 230 g/mol. The van der Waals surface area contributed by atoms with Crippen LogP contribution in [0.15, 0.2) is 0 Å². The Morgan fingerprint density at radius 2 is 1.53 bits per heavy atom. The van der Waals surface area contributed by atoms with Crippen molar-refractivity contribution in [3.05, 3.63) is 0 Å². The molecule has 19 heavy (non-hydrogen) atoms. The first-order valence-electron chi connectivity index (χ1n) is 8.35. The molecular formula is C18H35N. The van der Waals surface area contributed by atoms with E-state index >= 15 is 0 Å². The lowest BCUT2D eigenvalue weighted by Gasteiger charge is -2.45. The fraction of sp³-hybridized carbons (Fsp3) is 1.00. The van der Waals surface area contributed by atoms with Crippen molar-refractivity contribution in [3.8, 4) is 0 Å². The van der Waals surface area contributed by atoms with Gasteiger partial charge in [0.25, 0.3) is 0 Å². The van der Waals surface area contributed by atoms with Gasteiger partial charge in [-0.05, 0) is 89.1 Å². The zero-order valence-corrected chi connectivity index (χ0v) is 14.2. The smallest absolute Gasteiger partial charge is 0.0125 e. The second-order valence-electron chi connectivity index (χ2n) is 9.53. The maximum Gasteiger partial charge on any atom is 0.0125 e. The van der Waals surface area contributed by atoms with Crippen molar-refractivity contribution in [2.24, 2.45) is 16.7 Å². The summed E-state index contributed by atoms with van der Waals surface area (Å²) >= 11 is 0. The average Bonchev–Trinajstić information content (AvgIpc) is 2.58. The van der Waals surface area contributed by atoms with Gasteiger partial charge < -0.3 is 0 Å². The van der Waals surface area contributed by atoms with Gasteiger partial charge in [0.2, 0.25) is 0 Å². The third kappa shape index (κ3) is 3.97. The summed E-state index contributed by atoms with van der Waals surface area (Å²) in [5, 5.41) is 0. The van der Waals surface area contributed by atoms with E-state index in [1.807, 2.05) is 0 Å². The lowest BCUT2D eigenvalue weighted by atomic mass is 9.74. The van der Waals surface area contributed by atoms with Crippen LogP contribution in [-0.4, -0.2) is 23.5 Å². The molecule has 1 unspecified atom stereocenters. The van der Waals surface area contributed by atoms with Gasteiger partial charge in [-0.2, -0.15) is 0 Å². The summed E-state index contributed by atoms with van der Waals surface area (Å²) in [6.45, 7) is 16.9. The molecule has 1 heteroatoms. The molecule has 2 fully saturated rings. The molecule has 112 valence electrons. The van der Waals surface area contributed by atoms with E-state index in [0.717, 1.165) is 11.3 Å². The Morgan fingerprint density at radius 3 is 2.00 bits per heavy atom. The second kappa shape index (κ2) is 5.06. The molecule has 0 amide bonds. The molecule has 1 spiro atoms. The zero-order valence-electron chi connectivity index (χ0n) is 14.2. The Bertz CT molecular complexity index is 297. The number of hydrogen-bond acceptors (Lipinski definition) is 1. The molecule has 1 atom stereocenters. The second-order valence-corrected chi connectivity index (χ2v) is 9.53. The summed E-state index contributed by atoms with van der Waals surface area (Å²) in [5.74, 6) is 1.00. The minimum absolute atomic E-state index is 0.366. The number of nitrogens with zero attached hydrogens (tertiary/aromatic N) is 1. The van der Waals surface area contributed by atoms with E-state index in [-0.39, 0.29) is 0 Å². The molecule has 0 aromatic heterocycles.